The number of hydrogen-bond acceptors (Lipinski definition) is 6. The maximum Gasteiger partial charge on any atom is 0.296 e. The van der Waals surface area contributed by atoms with Crippen molar-refractivity contribution < 1.29 is 14.3 Å². The minimum absolute atomic E-state index is 0.149. The van der Waals surface area contributed by atoms with Crippen molar-refractivity contribution in [2.24, 2.45) is 11.8 Å². The molecule has 3 heterocycles. The van der Waals surface area contributed by atoms with Gasteiger partial charge in [-0.2, -0.15) is 0 Å². The van der Waals surface area contributed by atoms with E-state index >= 15 is 0 Å². The number of aromatic amines is 1. The number of nitrogens with one attached hydrogen (secondary N) is 2. The Hall–Kier alpha value is -3.26. The number of benzene rings is 1. The number of ether oxygens (including phenoxy) is 2. The smallest absolute Gasteiger partial charge is 0.296 e. The van der Waals surface area contributed by atoms with Gasteiger partial charge in [-0.1, -0.05) is 38.2 Å². The van der Waals surface area contributed by atoms with Gasteiger partial charge >= 0.3 is 0 Å². The van der Waals surface area contributed by atoms with E-state index in [-0.39, 0.29) is 11.7 Å². The third-order valence-corrected chi connectivity index (χ3v) is 7.92. The fourth-order valence-corrected chi connectivity index (χ4v) is 5.57. The molecule has 8 heteroatoms. The summed E-state index contributed by atoms with van der Waals surface area (Å²) in [4.78, 5) is 21.8. The first-order valence-corrected chi connectivity index (χ1v) is 14.1. The lowest BCUT2D eigenvalue weighted by molar-refractivity contribution is 0.0593. The number of pyridine rings is 1. The molecule has 2 N–H and O–H groups in total. The summed E-state index contributed by atoms with van der Waals surface area (Å²) in [5.74, 6) is 3.19. The van der Waals surface area contributed by atoms with E-state index in [1.165, 1.54) is 32.1 Å². The SMILES string of the molecule is Cc1ccc(OCCC2CCOCC2)cc1-c1cc(NC(=O)c2n[nH]c(CC3CCCCC3)n2)ncc1C. The molecule has 1 saturated heterocycles. The molecule has 0 atom stereocenters. The topological polar surface area (TPSA) is 102 Å². The molecule has 38 heavy (non-hydrogen) atoms. The zero-order valence-electron chi connectivity index (χ0n) is 22.6. The highest BCUT2D eigenvalue weighted by molar-refractivity contribution is 6.01. The molecule has 8 nitrogen and oxygen atoms in total. The lowest BCUT2D eigenvalue weighted by atomic mass is 9.87. The molecule has 5 rings (SSSR count). The quantitative estimate of drug-likeness (QED) is 0.358. The lowest BCUT2D eigenvalue weighted by Gasteiger charge is -2.22. The van der Waals surface area contributed by atoms with Crippen molar-refractivity contribution >= 4 is 11.7 Å². The maximum atomic E-state index is 12.9. The summed E-state index contributed by atoms with van der Waals surface area (Å²) in [5.41, 5.74) is 4.24. The van der Waals surface area contributed by atoms with Gasteiger partial charge in [-0.15, -0.1) is 5.10 Å². The Morgan fingerprint density at radius 3 is 2.63 bits per heavy atom. The molecule has 2 fully saturated rings. The van der Waals surface area contributed by atoms with Gasteiger partial charge in [0.2, 0.25) is 5.82 Å². The number of amides is 1. The van der Waals surface area contributed by atoms with E-state index in [4.69, 9.17) is 9.47 Å². The van der Waals surface area contributed by atoms with Crippen molar-refractivity contribution in [1.29, 1.82) is 0 Å². The van der Waals surface area contributed by atoms with Crippen LogP contribution in [-0.2, 0) is 11.2 Å². The van der Waals surface area contributed by atoms with Crippen LogP contribution in [0.15, 0.2) is 30.5 Å². The van der Waals surface area contributed by atoms with Crippen molar-refractivity contribution in [1.82, 2.24) is 20.2 Å². The lowest BCUT2D eigenvalue weighted by Crippen LogP contribution is -2.17. The molecule has 1 aliphatic heterocycles. The summed E-state index contributed by atoms with van der Waals surface area (Å²) in [5, 5.41) is 10.0. The van der Waals surface area contributed by atoms with Crippen LogP contribution in [0.2, 0.25) is 0 Å². The molecule has 0 spiro atoms. The standard InChI is InChI=1S/C30H39N5O3/c1-20-8-9-24(38-15-12-22-10-13-37-14-11-22)17-25(20)26-18-27(31-19-21(26)2)33-30(36)29-32-28(34-35-29)16-23-6-4-3-5-7-23/h8-9,17-19,22-23H,3-7,10-16H2,1-2H3,(H,31,33,36)(H,32,34,35). The van der Waals surface area contributed by atoms with Crippen molar-refractivity contribution in [3.05, 3.63) is 53.2 Å². The predicted octanol–water partition coefficient (Wildman–Crippen LogP) is 6.05. The Labute approximate surface area is 225 Å². The normalized spacial score (nSPS) is 16.9. The molecule has 0 bridgehead atoms. The van der Waals surface area contributed by atoms with Gasteiger partial charge in [0.1, 0.15) is 17.4 Å². The van der Waals surface area contributed by atoms with Crippen molar-refractivity contribution in [2.75, 3.05) is 25.1 Å². The average molecular weight is 518 g/mol. The minimum atomic E-state index is -0.361. The second-order valence-corrected chi connectivity index (χ2v) is 10.8. The van der Waals surface area contributed by atoms with Gasteiger partial charge in [-0.05, 0) is 85.4 Å². The molecule has 2 aliphatic rings. The molecule has 1 saturated carbocycles. The second-order valence-electron chi connectivity index (χ2n) is 10.8. The summed E-state index contributed by atoms with van der Waals surface area (Å²) >= 11 is 0. The van der Waals surface area contributed by atoms with Gasteiger partial charge in [0.15, 0.2) is 0 Å². The summed E-state index contributed by atoms with van der Waals surface area (Å²) in [6.45, 7) is 6.53. The van der Waals surface area contributed by atoms with Crippen molar-refractivity contribution in [2.45, 2.75) is 71.6 Å². The Bertz CT molecular complexity index is 1230. The van der Waals surface area contributed by atoms with Gasteiger partial charge in [-0.3, -0.25) is 9.89 Å². The van der Waals surface area contributed by atoms with E-state index < -0.39 is 0 Å². The molecule has 1 aromatic carbocycles. The van der Waals surface area contributed by atoms with Gasteiger partial charge in [-0.25, -0.2) is 9.97 Å². The van der Waals surface area contributed by atoms with Gasteiger partial charge in [0.25, 0.3) is 5.91 Å². The van der Waals surface area contributed by atoms with Crippen LogP contribution >= 0.6 is 0 Å². The number of H-pyrrole nitrogens is 1. The average Bonchev–Trinajstić information content (AvgIpc) is 3.41. The second kappa shape index (κ2) is 12.5. The largest absolute Gasteiger partial charge is 0.494 e. The maximum absolute atomic E-state index is 12.9. The van der Waals surface area contributed by atoms with E-state index in [1.54, 1.807) is 6.20 Å². The van der Waals surface area contributed by atoms with E-state index in [1.807, 2.05) is 19.1 Å². The van der Waals surface area contributed by atoms with E-state index in [9.17, 15) is 4.79 Å². The Kier molecular flexibility index (Phi) is 8.68. The van der Waals surface area contributed by atoms with Crippen LogP contribution in [-0.4, -0.2) is 45.9 Å². The number of nitrogens with zero attached hydrogens (tertiary/aromatic N) is 3. The van der Waals surface area contributed by atoms with Gasteiger partial charge in [0.05, 0.1) is 6.61 Å². The third-order valence-electron chi connectivity index (χ3n) is 7.92. The Morgan fingerprint density at radius 1 is 1.03 bits per heavy atom. The zero-order chi connectivity index (χ0) is 26.3. The molecule has 202 valence electrons. The summed E-state index contributed by atoms with van der Waals surface area (Å²) in [7, 11) is 0. The number of rotatable bonds is 9. The molecular weight excluding hydrogens is 478 g/mol. The molecule has 2 aromatic heterocycles. The van der Waals surface area contributed by atoms with Gasteiger partial charge in [0, 0.05) is 25.8 Å². The van der Waals surface area contributed by atoms with E-state index in [0.717, 1.165) is 72.7 Å². The highest BCUT2D eigenvalue weighted by Gasteiger charge is 2.19. The fourth-order valence-electron chi connectivity index (χ4n) is 5.57. The first-order valence-electron chi connectivity index (χ1n) is 14.1. The monoisotopic (exact) mass is 517 g/mol. The summed E-state index contributed by atoms with van der Waals surface area (Å²) in [6, 6.07) is 8.10. The fraction of sp³-hybridized carbons (Fsp3) is 0.533. The van der Waals surface area contributed by atoms with E-state index in [0.29, 0.717) is 24.3 Å². The van der Waals surface area contributed by atoms with Crippen LogP contribution < -0.4 is 10.1 Å². The summed E-state index contributed by atoms with van der Waals surface area (Å²) in [6.07, 6.45) is 12.2. The predicted molar refractivity (Wildman–Crippen MR) is 147 cm³/mol. The number of hydrogen-bond donors (Lipinski definition) is 2. The highest BCUT2D eigenvalue weighted by Crippen LogP contribution is 2.32. The van der Waals surface area contributed by atoms with Crippen molar-refractivity contribution in [3.8, 4) is 16.9 Å². The number of carbonyl (C=O) groups excluding carboxylic acids is 1. The van der Waals surface area contributed by atoms with Crippen LogP contribution in [0.4, 0.5) is 5.82 Å². The van der Waals surface area contributed by atoms with Crippen LogP contribution in [0, 0.1) is 25.7 Å². The van der Waals surface area contributed by atoms with Crippen LogP contribution in [0.3, 0.4) is 0 Å². The first-order chi connectivity index (χ1) is 18.5. The van der Waals surface area contributed by atoms with Gasteiger partial charge < -0.3 is 14.8 Å². The third kappa shape index (κ3) is 6.78. The number of carbonyl (C=O) groups is 1. The molecule has 0 radical (unpaired) electrons. The van der Waals surface area contributed by atoms with Crippen LogP contribution in [0.1, 0.15) is 78.9 Å². The zero-order valence-corrected chi connectivity index (χ0v) is 22.6. The van der Waals surface area contributed by atoms with Crippen molar-refractivity contribution in [3.63, 3.8) is 0 Å². The number of aromatic nitrogens is 4. The summed E-state index contributed by atoms with van der Waals surface area (Å²) < 4.78 is 11.6. The Morgan fingerprint density at radius 2 is 1.82 bits per heavy atom. The first kappa shape index (κ1) is 26.4. The number of aryl methyl sites for hydroxylation is 2. The van der Waals surface area contributed by atoms with Crippen LogP contribution in [0.5, 0.6) is 5.75 Å². The number of anilines is 1. The highest BCUT2D eigenvalue weighted by atomic mass is 16.5. The molecule has 3 aromatic rings. The molecular formula is C30H39N5O3. The molecule has 1 amide bonds. The van der Waals surface area contributed by atoms with Crippen LogP contribution in [0.25, 0.3) is 11.1 Å². The van der Waals surface area contributed by atoms with E-state index in [2.05, 4.69) is 44.5 Å². The Balaban J connectivity index is 1.24. The minimum Gasteiger partial charge on any atom is -0.494 e. The molecule has 1 aliphatic carbocycles. The molecule has 0 unspecified atom stereocenters.